The van der Waals surface area contributed by atoms with Crippen molar-refractivity contribution in [2.75, 3.05) is 19.7 Å². The lowest BCUT2D eigenvalue weighted by Crippen LogP contribution is -2.51. The molecule has 2 aliphatic heterocycles. The van der Waals surface area contributed by atoms with Crippen molar-refractivity contribution in [2.45, 2.75) is 51.3 Å². The van der Waals surface area contributed by atoms with Crippen LogP contribution in [-0.4, -0.2) is 53.5 Å². The average Bonchev–Trinajstić information content (AvgIpc) is 2.64. The quantitative estimate of drug-likeness (QED) is 0.734. The molecule has 3 atom stereocenters. The van der Waals surface area contributed by atoms with Crippen LogP contribution in [0.3, 0.4) is 0 Å². The summed E-state index contributed by atoms with van der Waals surface area (Å²) in [4.78, 5) is 14.0. The fourth-order valence-corrected chi connectivity index (χ4v) is 2.99. The van der Waals surface area contributed by atoms with E-state index in [4.69, 9.17) is 4.74 Å². The topological polar surface area (TPSA) is 61.8 Å². The lowest BCUT2D eigenvalue weighted by molar-refractivity contribution is 0.00647. The Bertz CT molecular complexity index is 314. The smallest absolute Gasteiger partial charge is 0.410 e. The number of carbonyl (C=O) groups is 1. The molecule has 2 heterocycles. The molecule has 1 amide bonds. The van der Waals surface area contributed by atoms with Gasteiger partial charge in [-0.2, -0.15) is 0 Å². The largest absolute Gasteiger partial charge is 0.444 e. The number of nitrogens with one attached hydrogen (secondary N) is 1. The Morgan fingerprint density at radius 1 is 1.50 bits per heavy atom. The molecule has 2 unspecified atom stereocenters. The molecule has 2 rings (SSSR count). The fraction of sp³-hybridized carbons (Fsp3) is 0.923. The van der Waals surface area contributed by atoms with E-state index in [1.807, 2.05) is 20.8 Å². The summed E-state index contributed by atoms with van der Waals surface area (Å²) in [5.74, 6) is 0.496. The van der Waals surface area contributed by atoms with Gasteiger partial charge >= 0.3 is 6.09 Å². The van der Waals surface area contributed by atoms with Crippen molar-refractivity contribution in [2.24, 2.45) is 5.92 Å². The number of hydrogen-bond donors (Lipinski definition) is 2. The van der Waals surface area contributed by atoms with Crippen LogP contribution in [0.1, 0.15) is 33.6 Å². The second-order valence-corrected chi connectivity index (χ2v) is 6.28. The standard InChI is InChI=1S/C13H24N2O3/c1-13(2,3)18-12(17)15-10(8-16)6-9-4-5-14-7-11(9)15/h9-11,14,16H,4-8H2,1-3H3/t9?,10?,11-/m1/s1. The molecule has 0 radical (unpaired) electrons. The second-order valence-electron chi connectivity index (χ2n) is 6.28. The van der Waals surface area contributed by atoms with Crippen LogP contribution in [0.5, 0.6) is 0 Å². The third-order valence-electron chi connectivity index (χ3n) is 3.73. The summed E-state index contributed by atoms with van der Waals surface area (Å²) < 4.78 is 5.45. The van der Waals surface area contributed by atoms with Gasteiger partial charge in [-0.25, -0.2) is 4.79 Å². The third-order valence-corrected chi connectivity index (χ3v) is 3.73. The SMILES string of the molecule is CC(C)(C)OC(=O)N1C(CO)CC2CCNC[C@H]21. The maximum Gasteiger partial charge on any atom is 0.410 e. The van der Waals surface area contributed by atoms with Crippen LogP contribution in [0.2, 0.25) is 0 Å². The minimum atomic E-state index is -0.489. The summed E-state index contributed by atoms with van der Waals surface area (Å²) >= 11 is 0. The minimum Gasteiger partial charge on any atom is -0.444 e. The van der Waals surface area contributed by atoms with Crippen LogP contribution < -0.4 is 5.32 Å². The molecular weight excluding hydrogens is 232 g/mol. The molecule has 2 aliphatic rings. The first-order chi connectivity index (χ1) is 8.42. The molecule has 0 aliphatic carbocycles. The normalized spacial score (nSPS) is 32.2. The molecule has 18 heavy (non-hydrogen) atoms. The predicted octanol–water partition coefficient (Wildman–Crippen LogP) is 0.966. The number of hydrogen-bond acceptors (Lipinski definition) is 4. The van der Waals surface area contributed by atoms with Gasteiger partial charge < -0.3 is 15.2 Å². The van der Waals surface area contributed by atoms with Crippen LogP contribution in [0.4, 0.5) is 4.79 Å². The molecule has 2 fully saturated rings. The fourth-order valence-electron chi connectivity index (χ4n) is 2.99. The lowest BCUT2D eigenvalue weighted by Gasteiger charge is -2.35. The summed E-state index contributed by atoms with van der Waals surface area (Å²) in [5, 5.41) is 12.8. The molecule has 104 valence electrons. The zero-order chi connectivity index (χ0) is 13.3. The summed E-state index contributed by atoms with van der Waals surface area (Å²) in [5.41, 5.74) is -0.489. The first-order valence-electron chi connectivity index (χ1n) is 6.75. The molecule has 0 bridgehead atoms. The Balaban J connectivity index is 2.10. The number of ether oxygens (including phenoxy) is 1. The van der Waals surface area contributed by atoms with Gasteiger partial charge in [-0.15, -0.1) is 0 Å². The number of nitrogens with zero attached hydrogens (tertiary/aromatic N) is 1. The zero-order valence-corrected chi connectivity index (χ0v) is 11.5. The van der Waals surface area contributed by atoms with E-state index < -0.39 is 5.60 Å². The van der Waals surface area contributed by atoms with Crippen molar-refractivity contribution in [1.29, 1.82) is 0 Å². The third kappa shape index (κ3) is 2.78. The number of rotatable bonds is 1. The van der Waals surface area contributed by atoms with Gasteiger partial charge in [0, 0.05) is 6.54 Å². The van der Waals surface area contributed by atoms with E-state index in [1.54, 1.807) is 4.90 Å². The van der Waals surface area contributed by atoms with E-state index in [-0.39, 0.29) is 24.8 Å². The van der Waals surface area contributed by atoms with Gasteiger partial charge in [-0.05, 0) is 46.1 Å². The van der Waals surface area contributed by atoms with Crippen molar-refractivity contribution in [3.05, 3.63) is 0 Å². The van der Waals surface area contributed by atoms with Gasteiger partial charge in [0.15, 0.2) is 0 Å². The van der Waals surface area contributed by atoms with Crippen molar-refractivity contribution >= 4 is 6.09 Å². The highest BCUT2D eigenvalue weighted by Crippen LogP contribution is 2.34. The Morgan fingerprint density at radius 2 is 2.22 bits per heavy atom. The van der Waals surface area contributed by atoms with Gasteiger partial charge in [0.1, 0.15) is 5.60 Å². The summed E-state index contributed by atoms with van der Waals surface area (Å²) in [6.07, 6.45) is 1.67. The van der Waals surface area contributed by atoms with E-state index in [1.165, 1.54) is 0 Å². The molecule has 2 N–H and O–H groups in total. The van der Waals surface area contributed by atoms with Crippen LogP contribution in [0.25, 0.3) is 0 Å². The van der Waals surface area contributed by atoms with Crippen LogP contribution in [-0.2, 0) is 4.74 Å². The Morgan fingerprint density at radius 3 is 2.83 bits per heavy atom. The summed E-state index contributed by atoms with van der Waals surface area (Å²) in [6, 6.07) is 0.0838. The molecule has 5 nitrogen and oxygen atoms in total. The van der Waals surface area contributed by atoms with Gasteiger partial charge in [0.2, 0.25) is 0 Å². The van der Waals surface area contributed by atoms with Crippen LogP contribution >= 0.6 is 0 Å². The second kappa shape index (κ2) is 5.05. The molecular formula is C13H24N2O3. The number of amides is 1. The number of aliphatic hydroxyl groups is 1. The molecule has 0 aromatic carbocycles. The van der Waals surface area contributed by atoms with Gasteiger partial charge in [0.25, 0.3) is 0 Å². The van der Waals surface area contributed by atoms with Crippen molar-refractivity contribution in [3.8, 4) is 0 Å². The zero-order valence-electron chi connectivity index (χ0n) is 11.5. The van der Waals surface area contributed by atoms with E-state index in [0.29, 0.717) is 5.92 Å². The van der Waals surface area contributed by atoms with E-state index in [2.05, 4.69) is 5.32 Å². The molecule has 0 aromatic rings. The van der Waals surface area contributed by atoms with Gasteiger partial charge in [-0.3, -0.25) is 4.90 Å². The van der Waals surface area contributed by atoms with E-state index in [9.17, 15) is 9.90 Å². The minimum absolute atomic E-state index is 0.0201. The molecule has 2 saturated heterocycles. The maximum absolute atomic E-state index is 12.2. The van der Waals surface area contributed by atoms with Gasteiger partial charge in [-0.1, -0.05) is 0 Å². The highest BCUT2D eigenvalue weighted by atomic mass is 16.6. The molecule has 0 spiro atoms. The number of carbonyl (C=O) groups excluding carboxylic acids is 1. The highest BCUT2D eigenvalue weighted by Gasteiger charge is 2.45. The molecule has 0 aromatic heterocycles. The van der Waals surface area contributed by atoms with Crippen LogP contribution in [0, 0.1) is 5.92 Å². The van der Waals surface area contributed by atoms with Crippen molar-refractivity contribution in [3.63, 3.8) is 0 Å². The first-order valence-corrected chi connectivity index (χ1v) is 6.75. The Kier molecular flexibility index (Phi) is 3.82. The Hall–Kier alpha value is -0.810. The number of fused-ring (bicyclic) bond motifs is 1. The van der Waals surface area contributed by atoms with Crippen LogP contribution in [0.15, 0.2) is 0 Å². The van der Waals surface area contributed by atoms with E-state index in [0.717, 1.165) is 25.9 Å². The van der Waals surface area contributed by atoms with E-state index >= 15 is 0 Å². The predicted molar refractivity (Wildman–Crippen MR) is 68.3 cm³/mol. The summed E-state index contributed by atoms with van der Waals surface area (Å²) in [6.45, 7) is 7.43. The molecule has 5 heteroatoms. The number of likely N-dealkylation sites (tertiary alicyclic amines) is 1. The summed E-state index contributed by atoms with van der Waals surface area (Å²) in [7, 11) is 0. The van der Waals surface area contributed by atoms with Gasteiger partial charge in [0.05, 0.1) is 18.7 Å². The average molecular weight is 256 g/mol. The lowest BCUT2D eigenvalue weighted by atomic mass is 9.92. The monoisotopic (exact) mass is 256 g/mol. The number of piperidine rings is 1. The van der Waals surface area contributed by atoms with Crippen molar-refractivity contribution in [1.82, 2.24) is 10.2 Å². The maximum atomic E-state index is 12.2. The number of aliphatic hydroxyl groups excluding tert-OH is 1. The Labute approximate surface area is 108 Å². The molecule has 0 saturated carbocycles. The first kappa shape index (κ1) is 13.6. The van der Waals surface area contributed by atoms with Crippen molar-refractivity contribution < 1.29 is 14.6 Å². The highest BCUT2D eigenvalue weighted by molar-refractivity contribution is 5.69.